The van der Waals surface area contributed by atoms with Gasteiger partial charge in [0.15, 0.2) is 5.82 Å². The summed E-state index contributed by atoms with van der Waals surface area (Å²) in [5.74, 6) is 0.705. The van der Waals surface area contributed by atoms with Crippen LogP contribution in [0.15, 0.2) is 52.8 Å². The van der Waals surface area contributed by atoms with Gasteiger partial charge in [0.25, 0.3) is 5.69 Å². The maximum atomic E-state index is 10.8. The van der Waals surface area contributed by atoms with Gasteiger partial charge in [-0.3, -0.25) is 14.5 Å². The van der Waals surface area contributed by atoms with Crippen molar-refractivity contribution in [1.29, 1.82) is 0 Å². The maximum Gasteiger partial charge on any atom is 0.271 e. The number of non-ortho nitro benzene ring substituents is 1. The van der Waals surface area contributed by atoms with Crippen LogP contribution in [0.5, 0.6) is 0 Å². The van der Waals surface area contributed by atoms with E-state index in [1.165, 1.54) is 12.1 Å². The molecule has 0 aliphatic carbocycles. The molecule has 3 aromatic rings. The average Bonchev–Trinajstić information content (AvgIpc) is 2.91. The van der Waals surface area contributed by atoms with Crippen LogP contribution in [-0.2, 0) is 0 Å². The number of hydrogen-bond donors (Lipinski definition) is 0. The average molecular weight is 344 g/mol. The summed E-state index contributed by atoms with van der Waals surface area (Å²) < 4.78 is 1.76. The molecule has 2 heterocycles. The molecule has 1 aromatic carbocycles. The lowest BCUT2D eigenvalue weighted by molar-refractivity contribution is -0.384. The molecule has 0 saturated heterocycles. The number of pyridine rings is 1. The van der Waals surface area contributed by atoms with Gasteiger partial charge < -0.3 is 0 Å². The smallest absolute Gasteiger partial charge is 0.271 e. The molecule has 7 nitrogen and oxygen atoms in total. The summed E-state index contributed by atoms with van der Waals surface area (Å²) >= 11 is 6.06. The number of aromatic nitrogens is 2. The second-order valence-corrected chi connectivity index (χ2v) is 5.96. The first-order valence-electron chi connectivity index (χ1n) is 7.29. The largest absolute Gasteiger partial charge is 0.281 e. The zero-order valence-corrected chi connectivity index (χ0v) is 13.8. The summed E-state index contributed by atoms with van der Waals surface area (Å²) in [6.45, 7) is 4.02. The standard InChI is InChI=1S/C16H14ClN5O2/c1-10(2)15-16(21-9-11(17)6-7-14(21)18-15)20-19-12-4-3-5-13(8-12)22(23)24/h3-10H,1-2H3. The lowest BCUT2D eigenvalue weighted by Gasteiger charge is -2.01. The van der Waals surface area contributed by atoms with Crippen molar-refractivity contribution in [1.82, 2.24) is 9.38 Å². The highest BCUT2D eigenvalue weighted by molar-refractivity contribution is 6.30. The van der Waals surface area contributed by atoms with Crippen molar-refractivity contribution in [3.05, 3.63) is 63.4 Å². The molecule has 8 heteroatoms. The lowest BCUT2D eigenvalue weighted by Crippen LogP contribution is -1.88. The molecule has 24 heavy (non-hydrogen) atoms. The van der Waals surface area contributed by atoms with Crippen molar-refractivity contribution >= 4 is 34.4 Å². The first-order valence-corrected chi connectivity index (χ1v) is 7.67. The number of nitrogens with zero attached hydrogens (tertiary/aromatic N) is 5. The van der Waals surface area contributed by atoms with Crippen molar-refractivity contribution in [3.63, 3.8) is 0 Å². The Morgan fingerprint density at radius 3 is 2.75 bits per heavy atom. The molecule has 0 N–H and O–H groups in total. The van der Waals surface area contributed by atoms with Crippen LogP contribution >= 0.6 is 11.6 Å². The third kappa shape index (κ3) is 3.11. The first kappa shape index (κ1) is 16.1. The van der Waals surface area contributed by atoms with E-state index in [4.69, 9.17) is 11.6 Å². The molecule has 3 rings (SSSR count). The number of azo groups is 1. The van der Waals surface area contributed by atoms with Gasteiger partial charge in [-0.25, -0.2) is 4.98 Å². The SMILES string of the molecule is CC(C)c1nc2ccc(Cl)cn2c1N=Nc1cccc([N+](=O)[O-])c1. The molecule has 0 aliphatic rings. The Bertz CT molecular complexity index is 949. The number of nitro benzene ring substituents is 1. The molecule has 0 unspecified atom stereocenters. The maximum absolute atomic E-state index is 10.8. The number of halogens is 1. The predicted octanol–water partition coefficient (Wildman–Crippen LogP) is 5.43. The number of benzene rings is 1. The Morgan fingerprint density at radius 1 is 1.25 bits per heavy atom. The predicted molar refractivity (Wildman–Crippen MR) is 91.6 cm³/mol. The minimum Gasteiger partial charge on any atom is -0.281 e. The monoisotopic (exact) mass is 343 g/mol. The summed E-state index contributed by atoms with van der Waals surface area (Å²) in [4.78, 5) is 14.9. The molecule has 0 fully saturated rings. The van der Waals surface area contributed by atoms with Crippen LogP contribution in [0, 0.1) is 10.1 Å². The van der Waals surface area contributed by atoms with Crippen molar-refractivity contribution in [3.8, 4) is 0 Å². The molecule has 0 radical (unpaired) electrons. The van der Waals surface area contributed by atoms with Crippen LogP contribution in [0.2, 0.25) is 5.02 Å². The molecule has 0 saturated carbocycles. The second kappa shape index (κ2) is 6.37. The highest BCUT2D eigenvalue weighted by atomic mass is 35.5. The fourth-order valence-electron chi connectivity index (χ4n) is 2.29. The van der Waals surface area contributed by atoms with Crippen LogP contribution in [0.4, 0.5) is 17.2 Å². The van der Waals surface area contributed by atoms with Crippen LogP contribution < -0.4 is 0 Å². The van der Waals surface area contributed by atoms with Crippen LogP contribution in [-0.4, -0.2) is 14.3 Å². The number of hydrogen-bond acceptors (Lipinski definition) is 5. The van der Waals surface area contributed by atoms with E-state index in [9.17, 15) is 10.1 Å². The summed E-state index contributed by atoms with van der Waals surface area (Å²) in [5, 5.41) is 19.8. The van der Waals surface area contributed by atoms with Gasteiger partial charge in [0.1, 0.15) is 5.65 Å². The molecule has 0 atom stereocenters. The summed E-state index contributed by atoms with van der Waals surface area (Å²) in [7, 11) is 0. The van der Waals surface area contributed by atoms with E-state index in [1.54, 1.807) is 34.9 Å². The Balaban J connectivity index is 2.08. The quantitative estimate of drug-likeness (QED) is 0.359. The lowest BCUT2D eigenvalue weighted by atomic mass is 10.1. The van der Waals surface area contributed by atoms with Crippen LogP contribution in [0.3, 0.4) is 0 Å². The third-order valence-electron chi connectivity index (χ3n) is 3.43. The molecule has 122 valence electrons. The minimum atomic E-state index is -0.466. The fraction of sp³-hybridized carbons (Fsp3) is 0.188. The Kier molecular flexibility index (Phi) is 4.26. The summed E-state index contributed by atoms with van der Waals surface area (Å²) in [5.41, 5.74) is 1.87. The molecular weight excluding hydrogens is 330 g/mol. The molecule has 0 amide bonds. The number of fused-ring (bicyclic) bond motifs is 1. The summed E-state index contributed by atoms with van der Waals surface area (Å²) in [6, 6.07) is 9.57. The van der Waals surface area contributed by atoms with Gasteiger partial charge in [-0.05, 0) is 24.1 Å². The van der Waals surface area contributed by atoms with Crippen molar-refractivity contribution < 1.29 is 4.92 Å². The molecule has 0 aliphatic heterocycles. The molecule has 0 spiro atoms. The van der Waals surface area contributed by atoms with E-state index in [1.807, 2.05) is 13.8 Å². The Morgan fingerprint density at radius 2 is 2.04 bits per heavy atom. The van der Waals surface area contributed by atoms with Crippen molar-refractivity contribution in [2.24, 2.45) is 10.2 Å². The number of rotatable bonds is 4. The zero-order chi connectivity index (χ0) is 17.3. The van der Waals surface area contributed by atoms with Gasteiger partial charge in [-0.1, -0.05) is 31.5 Å². The Hall–Kier alpha value is -2.80. The highest BCUT2D eigenvalue weighted by Crippen LogP contribution is 2.30. The number of imidazole rings is 1. The topological polar surface area (TPSA) is 85.2 Å². The third-order valence-corrected chi connectivity index (χ3v) is 3.65. The highest BCUT2D eigenvalue weighted by Gasteiger charge is 2.15. The second-order valence-electron chi connectivity index (χ2n) is 5.53. The van der Waals surface area contributed by atoms with Gasteiger partial charge in [0.05, 0.1) is 21.3 Å². The van der Waals surface area contributed by atoms with E-state index in [2.05, 4.69) is 15.2 Å². The first-order chi connectivity index (χ1) is 11.5. The van der Waals surface area contributed by atoms with Gasteiger partial charge >= 0.3 is 0 Å². The van der Waals surface area contributed by atoms with E-state index < -0.39 is 4.92 Å². The summed E-state index contributed by atoms with van der Waals surface area (Å²) in [6.07, 6.45) is 1.72. The van der Waals surface area contributed by atoms with Crippen molar-refractivity contribution in [2.75, 3.05) is 0 Å². The Labute approximate surface area is 142 Å². The van der Waals surface area contributed by atoms with Crippen molar-refractivity contribution in [2.45, 2.75) is 19.8 Å². The van der Waals surface area contributed by atoms with Gasteiger partial charge in [-0.15, -0.1) is 10.2 Å². The normalized spacial score (nSPS) is 11.7. The molecule has 0 bridgehead atoms. The van der Waals surface area contributed by atoms with Gasteiger partial charge in [0, 0.05) is 18.3 Å². The molecular formula is C16H14ClN5O2. The minimum absolute atomic E-state index is 0.0308. The number of nitro groups is 1. The fourth-order valence-corrected chi connectivity index (χ4v) is 2.45. The van der Waals surface area contributed by atoms with Gasteiger partial charge in [-0.2, -0.15) is 0 Å². The zero-order valence-electron chi connectivity index (χ0n) is 13.0. The molecule has 2 aromatic heterocycles. The van der Waals surface area contributed by atoms with Crippen LogP contribution in [0.25, 0.3) is 5.65 Å². The van der Waals surface area contributed by atoms with Crippen LogP contribution in [0.1, 0.15) is 25.5 Å². The van der Waals surface area contributed by atoms with E-state index in [0.29, 0.717) is 16.5 Å². The van der Waals surface area contributed by atoms with E-state index in [-0.39, 0.29) is 11.6 Å². The van der Waals surface area contributed by atoms with E-state index >= 15 is 0 Å². The van der Waals surface area contributed by atoms with E-state index in [0.717, 1.165) is 11.3 Å². The van der Waals surface area contributed by atoms with Gasteiger partial charge in [0.2, 0.25) is 0 Å².